The number of hydrogen-bond acceptors (Lipinski definition) is 5. The monoisotopic (exact) mass is 270 g/mol. The Labute approximate surface area is 113 Å². The molecule has 0 amide bonds. The highest BCUT2D eigenvalue weighted by molar-refractivity contribution is 7.09. The highest BCUT2D eigenvalue weighted by Gasteiger charge is 2.19. The van der Waals surface area contributed by atoms with Crippen LogP contribution < -0.4 is 0 Å². The first-order valence-corrected chi connectivity index (χ1v) is 7.51. The maximum atomic E-state index is 8.72. The van der Waals surface area contributed by atoms with Crippen molar-refractivity contribution in [3.05, 3.63) is 16.1 Å². The fourth-order valence-corrected chi connectivity index (χ4v) is 3.12. The summed E-state index contributed by atoms with van der Waals surface area (Å²) in [5.74, 6) is 0. The second-order valence-electron chi connectivity index (χ2n) is 4.75. The molecule has 1 aliphatic rings. The third-order valence-corrected chi connectivity index (χ3v) is 4.47. The summed E-state index contributed by atoms with van der Waals surface area (Å²) >= 11 is 1.76. The van der Waals surface area contributed by atoms with Gasteiger partial charge in [0, 0.05) is 24.5 Å². The molecule has 0 aromatic carbocycles. The fraction of sp³-hybridized carbons (Fsp3) is 0.769. The molecule has 1 aromatic rings. The molecule has 4 nitrogen and oxygen atoms in total. The number of aromatic nitrogens is 1. The lowest BCUT2D eigenvalue weighted by Crippen LogP contribution is -2.38. The summed E-state index contributed by atoms with van der Waals surface area (Å²) in [4.78, 5) is 8.19. The van der Waals surface area contributed by atoms with Gasteiger partial charge in [0.1, 0.15) is 0 Å². The van der Waals surface area contributed by atoms with Gasteiger partial charge in [0.2, 0.25) is 0 Å². The number of rotatable bonds is 6. The van der Waals surface area contributed by atoms with E-state index in [1.807, 2.05) is 5.51 Å². The number of likely N-dealkylation sites (tertiary alicyclic amines) is 1. The normalized spacial score (nSPS) is 18.3. The molecule has 0 aliphatic carbocycles. The van der Waals surface area contributed by atoms with Crippen molar-refractivity contribution in [2.24, 2.45) is 0 Å². The zero-order chi connectivity index (χ0) is 12.8. The number of aliphatic hydroxyl groups is 1. The number of aliphatic hydroxyl groups excluding tert-OH is 1. The van der Waals surface area contributed by atoms with Crippen LogP contribution in [0.15, 0.2) is 5.51 Å². The molecule has 0 radical (unpaired) electrons. The molecule has 5 heteroatoms. The van der Waals surface area contributed by atoms with E-state index in [4.69, 9.17) is 9.84 Å². The molecule has 1 fully saturated rings. The van der Waals surface area contributed by atoms with E-state index in [-0.39, 0.29) is 6.61 Å². The van der Waals surface area contributed by atoms with Crippen molar-refractivity contribution in [2.45, 2.75) is 32.3 Å². The van der Waals surface area contributed by atoms with Crippen LogP contribution in [0.4, 0.5) is 0 Å². The predicted molar refractivity (Wildman–Crippen MR) is 73.1 cm³/mol. The SMILES string of the molecule is Cc1ncsc1CCN1CCC(OCCO)CC1. The molecular formula is C13H22N2O2S. The first-order chi connectivity index (χ1) is 8.79. The smallest absolute Gasteiger partial charge is 0.0797 e. The lowest BCUT2D eigenvalue weighted by molar-refractivity contribution is -0.00746. The Bertz CT molecular complexity index is 349. The van der Waals surface area contributed by atoms with E-state index in [0.717, 1.165) is 38.9 Å². The van der Waals surface area contributed by atoms with Crippen LogP contribution in [0.3, 0.4) is 0 Å². The van der Waals surface area contributed by atoms with Crippen molar-refractivity contribution < 1.29 is 9.84 Å². The van der Waals surface area contributed by atoms with E-state index in [1.54, 1.807) is 11.3 Å². The maximum Gasteiger partial charge on any atom is 0.0797 e. The minimum absolute atomic E-state index is 0.130. The molecule has 1 aromatic heterocycles. The Balaban J connectivity index is 1.66. The molecule has 0 atom stereocenters. The molecule has 0 unspecified atom stereocenters. The Morgan fingerprint density at radius 1 is 1.50 bits per heavy atom. The summed E-state index contributed by atoms with van der Waals surface area (Å²) in [7, 11) is 0. The number of hydrogen-bond donors (Lipinski definition) is 1. The summed E-state index contributed by atoms with van der Waals surface area (Å²) in [6.45, 7) is 6.02. The minimum Gasteiger partial charge on any atom is -0.394 e. The number of thiazole rings is 1. The molecule has 0 spiro atoms. The Kier molecular flexibility index (Phi) is 5.56. The zero-order valence-corrected chi connectivity index (χ0v) is 11.8. The molecule has 1 saturated heterocycles. The Morgan fingerprint density at radius 3 is 2.89 bits per heavy atom. The van der Waals surface area contributed by atoms with Gasteiger partial charge in [-0.1, -0.05) is 0 Å². The van der Waals surface area contributed by atoms with Crippen LogP contribution in [-0.4, -0.2) is 53.9 Å². The number of nitrogens with zero attached hydrogens (tertiary/aromatic N) is 2. The van der Waals surface area contributed by atoms with Crippen LogP contribution in [0.5, 0.6) is 0 Å². The van der Waals surface area contributed by atoms with Crippen LogP contribution in [0.25, 0.3) is 0 Å². The third kappa shape index (κ3) is 4.02. The Morgan fingerprint density at radius 2 is 2.28 bits per heavy atom. The second kappa shape index (κ2) is 7.19. The fourth-order valence-electron chi connectivity index (χ4n) is 2.34. The van der Waals surface area contributed by atoms with Crippen LogP contribution >= 0.6 is 11.3 Å². The minimum atomic E-state index is 0.130. The van der Waals surface area contributed by atoms with Crippen molar-refractivity contribution in [1.29, 1.82) is 0 Å². The first kappa shape index (κ1) is 13.9. The average Bonchev–Trinajstić information content (AvgIpc) is 2.81. The largest absolute Gasteiger partial charge is 0.394 e. The van der Waals surface area contributed by atoms with Gasteiger partial charge in [-0.3, -0.25) is 0 Å². The van der Waals surface area contributed by atoms with E-state index in [0.29, 0.717) is 12.7 Å². The lowest BCUT2D eigenvalue weighted by atomic mass is 10.1. The second-order valence-corrected chi connectivity index (χ2v) is 5.69. The molecule has 0 bridgehead atoms. The predicted octanol–water partition coefficient (Wildman–Crippen LogP) is 1.47. The van der Waals surface area contributed by atoms with Crippen LogP contribution in [0.2, 0.25) is 0 Å². The van der Waals surface area contributed by atoms with Gasteiger partial charge in [0.15, 0.2) is 0 Å². The van der Waals surface area contributed by atoms with Gasteiger partial charge in [0.25, 0.3) is 0 Å². The first-order valence-electron chi connectivity index (χ1n) is 6.63. The van der Waals surface area contributed by atoms with Crippen LogP contribution in [0.1, 0.15) is 23.4 Å². The van der Waals surface area contributed by atoms with Crippen molar-refractivity contribution >= 4 is 11.3 Å². The van der Waals surface area contributed by atoms with E-state index in [9.17, 15) is 0 Å². The maximum absolute atomic E-state index is 8.72. The van der Waals surface area contributed by atoms with Gasteiger partial charge >= 0.3 is 0 Å². The lowest BCUT2D eigenvalue weighted by Gasteiger charge is -2.31. The average molecular weight is 270 g/mol. The molecule has 102 valence electrons. The molecular weight excluding hydrogens is 248 g/mol. The van der Waals surface area contributed by atoms with Crippen LogP contribution in [0, 0.1) is 6.92 Å². The van der Waals surface area contributed by atoms with E-state index in [1.165, 1.54) is 10.6 Å². The van der Waals surface area contributed by atoms with E-state index >= 15 is 0 Å². The van der Waals surface area contributed by atoms with Crippen molar-refractivity contribution in [3.8, 4) is 0 Å². The summed E-state index contributed by atoms with van der Waals surface area (Å²) in [6.07, 6.45) is 3.63. The molecule has 2 heterocycles. The summed E-state index contributed by atoms with van der Waals surface area (Å²) in [6, 6.07) is 0. The molecule has 0 saturated carbocycles. The molecule has 1 N–H and O–H groups in total. The zero-order valence-electron chi connectivity index (χ0n) is 11.0. The topological polar surface area (TPSA) is 45.6 Å². The van der Waals surface area contributed by atoms with E-state index in [2.05, 4.69) is 16.8 Å². The highest BCUT2D eigenvalue weighted by atomic mass is 32.1. The number of aryl methyl sites for hydroxylation is 1. The van der Waals surface area contributed by atoms with E-state index < -0.39 is 0 Å². The van der Waals surface area contributed by atoms with Gasteiger partial charge in [-0.2, -0.15) is 0 Å². The highest BCUT2D eigenvalue weighted by Crippen LogP contribution is 2.17. The Hall–Kier alpha value is -0.490. The molecule has 1 aliphatic heterocycles. The molecule has 2 rings (SSSR count). The molecule has 18 heavy (non-hydrogen) atoms. The van der Waals surface area contributed by atoms with Crippen molar-refractivity contribution in [2.75, 3.05) is 32.8 Å². The quantitative estimate of drug-likeness (QED) is 0.850. The number of ether oxygens (including phenoxy) is 1. The van der Waals surface area contributed by atoms with Crippen molar-refractivity contribution in [1.82, 2.24) is 9.88 Å². The van der Waals surface area contributed by atoms with Gasteiger partial charge in [-0.05, 0) is 26.2 Å². The summed E-state index contributed by atoms with van der Waals surface area (Å²) in [5, 5.41) is 8.72. The van der Waals surface area contributed by atoms with Crippen molar-refractivity contribution in [3.63, 3.8) is 0 Å². The van der Waals surface area contributed by atoms with Gasteiger partial charge in [-0.25, -0.2) is 4.98 Å². The standard InChI is InChI=1S/C13H22N2O2S/c1-11-13(18-10-14-11)4-7-15-5-2-12(3-6-15)17-9-8-16/h10,12,16H,2-9H2,1H3. The van der Waals surface area contributed by atoms with Gasteiger partial charge in [0.05, 0.1) is 30.5 Å². The van der Waals surface area contributed by atoms with Gasteiger partial charge in [-0.15, -0.1) is 11.3 Å². The van der Waals surface area contributed by atoms with Crippen LogP contribution in [-0.2, 0) is 11.2 Å². The summed E-state index contributed by atoms with van der Waals surface area (Å²) in [5.41, 5.74) is 3.11. The summed E-state index contributed by atoms with van der Waals surface area (Å²) < 4.78 is 5.57. The third-order valence-electron chi connectivity index (χ3n) is 3.48. The number of piperidine rings is 1. The van der Waals surface area contributed by atoms with Gasteiger partial charge < -0.3 is 14.7 Å².